The number of aromatic nitrogens is 1. The van der Waals surface area contributed by atoms with Gasteiger partial charge in [-0.15, -0.1) is 0 Å². The monoisotopic (exact) mass is 275 g/mol. The molecular weight excluding hydrogens is 254 g/mol. The SMILES string of the molecule is CNc1cc(N)cc(-c2ccn(C)c2)c1CC(O)CO. The van der Waals surface area contributed by atoms with Gasteiger partial charge in [0.15, 0.2) is 0 Å². The summed E-state index contributed by atoms with van der Waals surface area (Å²) in [6.45, 7) is -0.262. The van der Waals surface area contributed by atoms with Gasteiger partial charge in [0.2, 0.25) is 0 Å². The van der Waals surface area contributed by atoms with E-state index in [0.29, 0.717) is 12.1 Å². The number of rotatable bonds is 5. The largest absolute Gasteiger partial charge is 0.399 e. The maximum Gasteiger partial charge on any atom is 0.0812 e. The summed E-state index contributed by atoms with van der Waals surface area (Å²) in [6, 6.07) is 5.74. The Morgan fingerprint density at radius 2 is 2.15 bits per heavy atom. The first kappa shape index (κ1) is 14.4. The number of nitrogen functional groups attached to an aromatic ring is 1. The van der Waals surface area contributed by atoms with E-state index in [4.69, 9.17) is 10.8 Å². The van der Waals surface area contributed by atoms with Gasteiger partial charge in [-0.2, -0.15) is 0 Å². The van der Waals surface area contributed by atoms with Crippen molar-refractivity contribution in [3.05, 3.63) is 36.2 Å². The second kappa shape index (κ2) is 5.98. The molecule has 2 aromatic rings. The van der Waals surface area contributed by atoms with Crippen LogP contribution >= 0.6 is 0 Å². The summed E-state index contributed by atoms with van der Waals surface area (Å²) in [6.07, 6.45) is 3.55. The van der Waals surface area contributed by atoms with E-state index in [1.807, 2.05) is 49.3 Å². The van der Waals surface area contributed by atoms with Crippen molar-refractivity contribution in [1.29, 1.82) is 0 Å². The number of anilines is 2. The Labute approximate surface area is 118 Å². The molecule has 5 N–H and O–H groups in total. The molecule has 2 rings (SSSR count). The average molecular weight is 275 g/mol. The molecule has 20 heavy (non-hydrogen) atoms. The van der Waals surface area contributed by atoms with Gasteiger partial charge in [0, 0.05) is 44.3 Å². The quantitative estimate of drug-likeness (QED) is 0.618. The standard InChI is InChI=1S/C15H21N3O2/c1-17-15-6-11(16)5-13(10-3-4-18(2)8-10)14(15)7-12(20)9-19/h3-6,8,12,17,19-20H,7,9,16H2,1-2H3. The third-order valence-corrected chi connectivity index (χ3v) is 3.34. The molecule has 0 saturated carbocycles. The Bertz CT molecular complexity index is 593. The highest BCUT2D eigenvalue weighted by molar-refractivity contribution is 5.78. The van der Waals surface area contributed by atoms with E-state index in [1.165, 1.54) is 0 Å². The van der Waals surface area contributed by atoms with Gasteiger partial charge in [0.05, 0.1) is 12.7 Å². The van der Waals surface area contributed by atoms with Gasteiger partial charge < -0.3 is 25.8 Å². The first-order valence-electron chi connectivity index (χ1n) is 6.56. The van der Waals surface area contributed by atoms with Crippen molar-refractivity contribution in [2.45, 2.75) is 12.5 Å². The molecule has 1 heterocycles. The second-order valence-electron chi connectivity index (χ2n) is 4.95. The number of nitrogens with zero attached hydrogens (tertiary/aromatic N) is 1. The summed E-state index contributed by atoms with van der Waals surface area (Å²) < 4.78 is 1.96. The fraction of sp³-hybridized carbons (Fsp3) is 0.333. The first-order valence-corrected chi connectivity index (χ1v) is 6.56. The first-order chi connectivity index (χ1) is 9.55. The Morgan fingerprint density at radius 3 is 2.70 bits per heavy atom. The number of benzene rings is 1. The van der Waals surface area contributed by atoms with E-state index in [0.717, 1.165) is 22.4 Å². The van der Waals surface area contributed by atoms with Crippen LogP contribution in [0.1, 0.15) is 5.56 Å². The van der Waals surface area contributed by atoms with Gasteiger partial charge >= 0.3 is 0 Å². The molecule has 0 spiro atoms. The molecule has 0 aliphatic carbocycles. The molecule has 0 amide bonds. The van der Waals surface area contributed by atoms with Crippen LogP contribution in [0.5, 0.6) is 0 Å². The number of aliphatic hydroxyl groups excluding tert-OH is 2. The molecule has 0 radical (unpaired) electrons. The number of aryl methyl sites for hydroxylation is 1. The Morgan fingerprint density at radius 1 is 1.40 bits per heavy atom. The van der Waals surface area contributed by atoms with Crippen LogP contribution in [-0.4, -0.2) is 34.5 Å². The third kappa shape index (κ3) is 2.95. The summed E-state index contributed by atoms with van der Waals surface area (Å²) in [5.41, 5.74) is 10.5. The highest BCUT2D eigenvalue weighted by Crippen LogP contribution is 2.33. The van der Waals surface area contributed by atoms with Crippen molar-refractivity contribution in [2.24, 2.45) is 7.05 Å². The number of aliphatic hydroxyl groups is 2. The highest BCUT2D eigenvalue weighted by atomic mass is 16.3. The lowest BCUT2D eigenvalue weighted by atomic mass is 9.95. The van der Waals surface area contributed by atoms with Crippen LogP contribution < -0.4 is 11.1 Å². The summed E-state index contributed by atoms with van der Waals surface area (Å²) in [7, 11) is 3.77. The molecule has 0 saturated heterocycles. The molecular formula is C15H21N3O2. The van der Waals surface area contributed by atoms with E-state index in [2.05, 4.69) is 5.32 Å². The lowest BCUT2D eigenvalue weighted by Gasteiger charge is -2.17. The average Bonchev–Trinajstić information content (AvgIpc) is 2.86. The zero-order valence-electron chi connectivity index (χ0n) is 11.8. The minimum atomic E-state index is -0.784. The minimum Gasteiger partial charge on any atom is -0.399 e. The van der Waals surface area contributed by atoms with E-state index in [9.17, 15) is 5.11 Å². The van der Waals surface area contributed by atoms with Gasteiger partial charge in [-0.1, -0.05) is 0 Å². The molecule has 0 fully saturated rings. The Hall–Kier alpha value is -1.98. The molecule has 0 aliphatic heterocycles. The maximum atomic E-state index is 9.76. The highest BCUT2D eigenvalue weighted by Gasteiger charge is 2.15. The van der Waals surface area contributed by atoms with Crippen LogP contribution in [0.25, 0.3) is 11.1 Å². The predicted octanol–water partition coefficient (Wildman–Crippen LogP) is 1.21. The molecule has 1 unspecified atom stereocenters. The van der Waals surface area contributed by atoms with Crippen molar-refractivity contribution in [2.75, 3.05) is 24.7 Å². The van der Waals surface area contributed by atoms with Crippen molar-refractivity contribution in [1.82, 2.24) is 4.57 Å². The van der Waals surface area contributed by atoms with E-state index in [1.54, 1.807) is 0 Å². The summed E-state index contributed by atoms with van der Waals surface area (Å²) in [5, 5.41) is 21.9. The van der Waals surface area contributed by atoms with Crippen molar-refractivity contribution < 1.29 is 10.2 Å². The lowest BCUT2D eigenvalue weighted by molar-refractivity contribution is 0.0957. The zero-order chi connectivity index (χ0) is 14.7. The van der Waals surface area contributed by atoms with Gasteiger partial charge in [0.1, 0.15) is 0 Å². The number of nitrogens with two attached hydrogens (primary N) is 1. The zero-order valence-corrected chi connectivity index (χ0v) is 11.8. The Balaban J connectivity index is 2.55. The predicted molar refractivity (Wildman–Crippen MR) is 81.6 cm³/mol. The van der Waals surface area contributed by atoms with Crippen molar-refractivity contribution in [3.63, 3.8) is 0 Å². The molecule has 108 valence electrons. The maximum absolute atomic E-state index is 9.76. The minimum absolute atomic E-state index is 0.262. The van der Waals surface area contributed by atoms with Crippen LogP contribution in [0.4, 0.5) is 11.4 Å². The summed E-state index contributed by atoms with van der Waals surface area (Å²) in [4.78, 5) is 0. The van der Waals surface area contributed by atoms with Crippen molar-refractivity contribution in [3.8, 4) is 11.1 Å². The van der Waals surface area contributed by atoms with E-state index >= 15 is 0 Å². The molecule has 5 nitrogen and oxygen atoms in total. The normalized spacial score (nSPS) is 12.4. The van der Waals surface area contributed by atoms with Gasteiger partial charge in [0.25, 0.3) is 0 Å². The smallest absolute Gasteiger partial charge is 0.0812 e. The number of hydrogen-bond acceptors (Lipinski definition) is 4. The van der Waals surface area contributed by atoms with Crippen LogP contribution in [0, 0.1) is 0 Å². The molecule has 1 aromatic carbocycles. The summed E-state index contributed by atoms with van der Waals surface area (Å²) >= 11 is 0. The van der Waals surface area contributed by atoms with Crippen LogP contribution in [0.15, 0.2) is 30.6 Å². The van der Waals surface area contributed by atoms with Crippen molar-refractivity contribution >= 4 is 11.4 Å². The molecule has 0 bridgehead atoms. The van der Waals surface area contributed by atoms with Gasteiger partial charge in [-0.05, 0) is 34.9 Å². The number of nitrogens with one attached hydrogen (secondary N) is 1. The number of hydrogen-bond donors (Lipinski definition) is 4. The second-order valence-corrected chi connectivity index (χ2v) is 4.95. The topological polar surface area (TPSA) is 83.4 Å². The van der Waals surface area contributed by atoms with Crippen LogP contribution in [0.3, 0.4) is 0 Å². The van der Waals surface area contributed by atoms with Gasteiger partial charge in [-0.3, -0.25) is 0 Å². The molecule has 1 atom stereocenters. The summed E-state index contributed by atoms with van der Waals surface area (Å²) in [5.74, 6) is 0. The fourth-order valence-electron chi connectivity index (χ4n) is 2.36. The van der Waals surface area contributed by atoms with Crippen LogP contribution in [-0.2, 0) is 13.5 Å². The van der Waals surface area contributed by atoms with Crippen LogP contribution in [0.2, 0.25) is 0 Å². The lowest BCUT2D eigenvalue weighted by Crippen LogP contribution is -2.17. The van der Waals surface area contributed by atoms with E-state index in [-0.39, 0.29) is 6.61 Å². The third-order valence-electron chi connectivity index (χ3n) is 3.34. The van der Waals surface area contributed by atoms with E-state index < -0.39 is 6.10 Å². The Kier molecular flexibility index (Phi) is 4.32. The fourth-order valence-corrected chi connectivity index (χ4v) is 2.36. The van der Waals surface area contributed by atoms with Gasteiger partial charge in [-0.25, -0.2) is 0 Å². The molecule has 0 aliphatic rings. The molecule has 1 aromatic heterocycles. The molecule has 5 heteroatoms.